The highest BCUT2D eigenvalue weighted by atomic mass is 19.1. The Labute approximate surface area is 283 Å². The Morgan fingerprint density at radius 1 is 1.14 bits per heavy atom. The number of halogens is 1. The minimum absolute atomic E-state index is 0.0151. The maximum absolute atomic E-state index is 14.9. The molecule has 1 amide bonds. The lowest BCUT2D eigenvalue weighted by molar-refractivity contribution is -0.143. The van der Waals surface area contributed by atoms with Gasteiger partial charge in [-0.05, 0) is 84.8 Å². The van der Waals surface area contributed by atoms with Crippen LogP contribution in [0.4, 0.5) is 4.39 Å². The molecule has 9 nitrogen and oxygen atoms in total. The van der Waals surface area contributed by atoms with Gasteiger partial charge in [0.05, 0.1) is 16.6 Å². The predicted octanol–water partition coefficient (Wildman–Crippen LogP) is 5.98. The smallest absolute Gasteiger partial charge is 0.334 e. The largest absolute Gasteiger partial charge is 0.461 e. The first kappa shape index (κ1) is 32.7. The molecule has 7 rings (SSSR count). The molecule has 3 atom stereocenters. The van der Waals surface area contributed by atoms with Gasteiger partial charge in [-0.25, -0.2) is 14.3 Å². The van der Waals surface area contributed by atoms with Crippen LogP contribution in [0.1, 0.15) is 73.5 Å². The Morgan fingerprint density at radius 3 is 2.71 bits per heavy atom. The number of carbonyl (C=O) groups is 3. The number of ether oxygens (including phenoxy) is 2. The molecule has 2 aromatic carbocycles. The van der Waals surface area contributed by atoms with E-state index in [-0.39, 0.29) is 65.4 Å². The Balaban J connectivity index is 0.907. The molecule has 10 heteroatoms. The van der Waals surface area contributed by atoms with Crippen LogP contribution >= 0.6 is 0 Å². The van der Waals surface area contributed by atoms with Crippen LogP contribution in [0.3, 0.4) is 0 Å². The first-order valence-corrected chi connectivity index (χ1v) is 17.1. The van der Waals surface area contributed by atoms with Crippen molar-refractivity contribution in [3.05, 3.63) is 111 Å². The van der Waals surface area contributed by atoms with E-state index in [1.165, 1.54) is 6.07 Å². The SMILES string of the molecule is C=C1C(=O)OC2C[C@@]3(C)CCC=C(COC(=O)CCC4CCN(C(=O)c5cc(Cc6n[nH]c(=O)c7ccccc67)ccc5F)CC4)C3=CC12. The van der Waals surface area contributed by atoms with Crippen LogP contribution in [0, 0.1) is 23.1 Å². The molecule has 49 heavy (non-hydrogen) atoms. The topological polar surface area (TPSA) is 119 Å². The molecule has 1 aromatic heterocycles. The highest BCUT2D eigenvalue weighted by Gasteiger charge is 2.48. The number of carbonyl (C=O) groups excluding carboxylic acids is 3. The number of likely N-dealkylation sites (tertiary alicyclic amines) is 1. The third kappa shape index (κ3) is 6.48. The van der Waals surface area contributed by atoms with Gasteiger partial charge in [0, 0.05) is 42.8 Å². The molecule has 1 N–H and O–H groups in total. The number of rotatable bonds is 8. The van der Waals surface area contributed by atoms with Crippen LogP contribution in [-0.2, 0) is 25.5 Å². The van der Waals surface area contributed by atoms with Gasteiger partial charge in [-0.3, -0.25) is 14.4 Å². The van der Waals surface area contributed by atoms with Gasteiger partial charge in [-0.2, -0.15) is 5.10 Å². The molecule has 0 spiro atoms. The Bertz CT molecular complexity index is 1970. The number of H-pyrrole nitrogens is 1. The average Bonchev–Trinajstić information content (AvgIpc) is 3.37. The van der Waals surface area contributed by atoms with Crippen molar-refractivity contribution < 1.29 is 28.2 Å². The summed E-state index contributed by atoms with van der Waals surface area (Å²) in [7, 11) is 0. The lowest BCUT2D eigenvalue weighted by Crippen LogP contribution is -2.39. The number of piperidine rings is 1. The number of nitrogens with zero attached hydrogens (tertiary/aromatic N) is 2. The first-order valence-electron chi connectivity index (χ1n) is 17.1. The number of benzene rings is 2. The zero-order valence-electron chi connectivity index (χ0n) is 27.6. The fraction of sp³-hybridized carbons (Fsp3) is 0.410. The molecule has 2 saturated heterocycles. The molecular weight excluding hydrogens is 625 g/mol. The van der Waals surface area contributed by atoms with E-state index < -0.39 is 5.82 Å². The quantitative estimate of drug-likeness (QED) is 0.232. The minimum Gasteiger partial charge on any atom is -0.461 e. The first-order chi connectivity index (χ1) is 23.6. The fourth-order valence-corrected chi connectivity index (χ4v) is 7.99. The molecule has 0 saturated carbocycles. The van der Waals surface area contributed by atoms with Gasteiger partial charge in [-0.1, -0.05) is 49.9 Å². The van der Waals surface area contributed by atoms with E-state index in [0.717, 1.165) is 43.3 Å². The van der Waals surface area contributed by atoms with Crippen molar-refractivity contribution >= 4 is 28.6 Å². The molecule has 2 aliphatic heterocycles. The number of fused-ring (bicyclic) bond motifs is 3. The lowest BCUT2D eigenvalue weighted by Gasteiger charge is -2.42. The van der Waals surface area contributed by atoms with Crippen molar-refractivity contribution in [3.63, 3.8) is 0 Å². The Morgan fingerprint density at radius 2 is 1.92 bits per heavy atom. The van der Waals surface area contributed by atoms with Crippen molar-refractivity contribution in [1.82, 2.24) is 15.1 Å². The molecule has 0 bridgehead atoms. The Kier molecular flexibility index (Phi) is 8.81. The number of hydrogen-bond acceptors (Lipinski definition) is 7. The highest BCUT2D eigenvalue weighted by molar-refractivity contribution is 5.95. The molecule has 3 heterocycles. The van der Waals surface area contributed by atoms with E-state index in [9.17, 15) is 23.6 Å². The summed E-state index contributed by atoms with van der Waals surface area (Å²) in [6.45, 7) is 7.28. The van der Waals surface area contributed by atoms with E-state index in [4.69, 9.17) is 9.47 Å². The normalized spacial score (nSPS) is 23.8. The molecular formula is C39H40FN3O6. The van der Waals surface area contributed by atoms with Gasteiger partial charge < -0.3 is 14.4 Å². The summed E-state index contributed by atoms with van der Waals surface area (Å²) in [6, 6.07) is 11.7. The van der Waals surface area contributed by atoms with Crippen molar-refractivity contribution in [2.45, 2.75) is 64.4 Å². The van der Waals surface area contributed by atoms with Crippen LogP contribution < -0.4 is 5.56 Å². The summed E-state index contributed by atoms with van der Waals surface area (Å²) in [4.78, 5) is 52.2. The van der Waals surface area contributed by atoms with E-state index in [1.807, 2.05) is 12.1 Å². The predicted molar refractivity (Wildman–Crippen MR) is 181 cm³/mol. The van der Waals surface area contributed by atoms with Gasteiger partial charge in [0.15, 0.2) is 0 Å². The molecule has 0 radical (unpaired) electrons. The van der Waals surface area contributed by atoms with Crippen molar-refractivity contribution in [3.8, 4) is 0 Å². The number of hydrogen-bond donors (Lipinski definition) is 1. The van der Waals surface area contributed by atoms with Crippen LogP contribution in [0.2, 0.25) is 0 Å². The van der Waals surface area contributed by atoms with Gasteiger partial charge >= 0.3 is 11.9 Å². The van der Waals surface area contributed by atoms with E-state index in [1.54, 1.807) is 29.2 Å². The third-order valence-corrected chi connectivity index (χ3v) is 10.9. The zero-order valence-corrected chi connectivity index (χ0v) is 27.6. The van der Waals surface area contributed by atoms with Crippen molar-refractivity contribution in [1.29, 1.82) is 0 Å². The second-order valence-corrected chi connectivity index (χ2v) is 14.1. The molecule has 3 aromatic rings. The molecule has 2 fully saturated rings. The van der Waals surface area contributed by atoms with Gasteiger partial charge in [0.1, 0.15) is 18.5 Å². The highest BCUT2D eigenvalue weighted by Crippen LogP contribution is 2.52. The van der Waals surface area contributed by atoms with E-state index in [0.29, 0.717) is 53.5 Å². The lowest BCUT2D eigenvalue weighted by atomic mass is 9.63. The number of allylic oxidation sites excluding steroid dienone is 1. The summed E-state index contributed by atoms with van der Waals surface area (Å²) in [5.41, 5.74) is 3.58. The number of aromatic amines is 1. The second kappa shape index (κ2) is 13.2. The number of aromatic nitrogens is 2. The summed E-state index contributed by atoms with van der Waals surface area (Å²) in [6.07, 6.45) is 9.35. The third-order valence-electron chi connectivity index (χ3n) is 10.9. The molecule has 4 aliphatic rings. The zero-order chi connectivity index (χ0) is 34.3. The van der Waals surface area contributed by atoms with Crippen molar-refractivity contribution in [2.24, 2.45) is 17.3 Å². The van der Waals surface area contributed by atoms with Crippen LogP contribution in [0.25, 0.3) is 10.8 Å². The summed E-state index contributed by atoms with van der Waals surface area (Å²) in [5.74, 6) is -1.39. The number of nitrogens with one attached hydrogen (secondary N) is 1. The summed E-state index contributed by atoms with van der Waals surface area (Å²) >= 11 is 0. The van der Waals surface area contributed by atoms with Crippen LogP contribution in [0.15, 0.2) is 82.7 Å². The average molecular weight is 666 g/mol. The number of esters is 2. The van der Waals surface area contributed by atoms with Gasteiger partial charge in [0.2, 0.25) is 0 Å². The minimum atomic E-state index is -0.579. The van der Waals surface area contributed by atoms with E-state index >= 15 is 0 Å². The van der Waals surface area contributed by atoms with Gasteiger partial charge in [-0.15, -0.1) is 0 Å². The van der Waals surface area contributed by atoms with Crippen LogP contribution in [0.5, 0.6) is 0 Å². The maximum Gasteiger partial charge on any atom is 0.334 e. The Hall–Kier alpha value is -4.86. The summed E-state index contributed by atoms with van der Waals surface area (Å²) < 4.78 is 26.2. The molecule has 2 unspecified atom stereocenters. The fourth-order valence-electron chi connectivity index (χ4n) is 7.99. The second-order valence-electron chi connectivity index (χ2n) is 14.1. The standard InChI is InChI=1S/C39H40FN3O6/c1-23-29-20-31-26(6-5-15-39(31,2)21-34(29)49-38(23)47)22-48-35(44)12-10-24-13-16-43(17-14-24)37(46)30-18-25(9-11-32(30)40)19-33-27-7-3-4-8-28(27)36(45)42-41-33/h3-4,6-9,11,18,20,24,29,34H,1,5,10,12-17,19,21-22H2,2H3,(H,42,45)/t29?,34?,39-/m1/s1. The summed E-state index contributed by atoms with van der Waals surface area (Å²) in [5, 5.41) is 7.98. The van der Waals surface area contributed by atoms with Crippen molar-refractivity contribution in [2.75, 3.05) is 19.7 Å². The van der Waals surface area contributed by atoms with Gasteiger partial charge in [0.25, 0.3) is 11.5 Å². The molecule has 2 aliphatic carbocycles. The van der Waals surface area contributed by atoms with E-state index in [2.05, 4.69) is 35.9 Å². The van der Waals surface area contributed by atoms with Crippen LogP contribution in [-0.4, -0.2) is 58.7 Å². The molecule has 254 valence electrons. The number of amides is 1. The monoisotopic (exact) mass is 665 g/mol. The maximum atomic E-state index is 14.9.